The third kappa shape index (κ3) is 3.87. The summed E-state index contributed by atoms with van der Waals surface area (Å²) in [5.41, 5.74) is 5.94. The second kappa shape index (κ2) is 6.33. The number of rotatable bonds is 6. The molecule has 0 saturated heterocycles. The van der Waals surface area contributed by atoms with Gasteiger partial charge in [0.15, 0.2) is 0 Å². The van der Waals surface area contributed by atoms with Gasteiger partial charge in [0.25, 0.3) is 0 Å². The van der Waals surface area contributed by atoms with Gasteiger partial charge in [-0.25, -0.2) is 17.5 Å². The van der Waals surface area contributed by atoms with Crippen LogP contribution < -0.4 is 10.5 Å². The molecule has 6 nitrogen and oxygen atoms in total. The summed E-state index contributed by atoms with van der Waals surface area (Å²) in [6, 6.07) is 5.25. The van der Waals surface area contributed by atoms with Gasteiger partial charge in [-0.1, -0.05) is 12.1 Å². The van der Waals surface area contributed by atoms with E-state index in [0.717, 1.165) is 0 Å². The summed E-state index contributed by atoms with van der Waals surface area (Å²) in [6.07, 6.45) is 2.67. The van der Waals surface area contributed by atoms with E-state index in [1.54, 1.807) is 13.0 Å². The van der Waals surface area contributed by atoms with Crippen molar-refractivity contribution in [3.63, 3.8) is 0 Å². The van der Waals surface area contributed by atoms with Crippen LogP contribution >= 0.6 is 0 Å². The highest BCUT2D eigenvalue weighted by Crippen LogP contribution is 2.17. The number of aromatic nitrogens is 2. The average molecular weight is 312 g/mol. The van der Waals surface area contributed by atoms with E-state index in [9.17, 15) is 12.8 Å². The predicted octanol–water partition coefficient (Wildman–Crippen LogP) is 1.02. The van der Waals surface area contributed by atoms with Crippen molar-refractivity contribution in [3.05, 3.63) is 48.0 Å². The molecule has 0 aliphatic rings. The summed E-state index contributed by atoms with van der Waals surface area (Å²) in [5.74, 6) is -0.408. The number of halogens is 1. The number of hydrogen-bond acceptors (Lipinski definition) is 4. The monoisotopic (exact) mass is 312 g/mol. The summed E-state index contributed by atoms with van der Waals surface area (Å²) in [4.78, 5) is 0.0548. The zero-order valence-electron chi connectivity index (χ0n) is 11.5. The lowest BCUT2D eigenvalue weighted by Gasteiger charge is -2.13. The molecule has 1 aromatic carbocycles. The molecule has 2 aromatic rings. The molecule has 3 N–H and O–H groups in total. The molecule has 0 radical (unpaired) electrons. The molecule has 1 heterocycles. The second-order valence-electron chi connectivity index (χ2n) is 4.63. The predicted molar refractivity (Wildman–Crippen MR) is 76.4 cm³/mol. The Kier molecular flexibility index (Phi) is 4.71. The molecule has 114 valence electrons. The van der Waals surface area contributed by atoms with Gasteiger partial charge in [0, 0.05) is 18.8 Å². The summed E-state index contributed by atoms with van der Waals surface area (Å²) in [6.45, 7) is 2.46. The number of nitrogens with two attached hydrogens (primary N) is 1. The quantitative estimate of drug-likeness (QED) is 0.833. The van der Waals surface area contributed by atoms with Gasteiger partial charge in [0.2, 0.25) is 10.0 Å². The molecule has 1 atom stereocenters. The van der Waals surface area contributed by atoms with Crippen molar-refractivity contribution in [2.75, 3.05) is 6.54 Å². The molecule has 21 heavy (non-hydrogen) atoms. The Morgan fingerprint density at radius 2 is 2.24 bits per heavy atom. The largest absolute Gasteiger partial charge is 0.329 e. The van der Waals surface area contributed by atoms with Crippen LogP contribution in [-0.4, -0.2) is 24.7 Å². The van der Waals surface area contributed by atoms with E-state index in [2.05, 4.69) is 9.82 Å². The lowest BCUT2D eigenvalue weighted by atomic mass is 10.1. The first kappa shape index (κ1) is 15.6. The highest BCUT2D eigenvalue weighted by Gasteiger charge is 2.20. The van der Waals surface area contributed by atoms with Crippen molar-refractivity contribution >= 4 is 10.0 Å². The maximum absolute atomic E-state index is 13.2. The Balaban J connectivity index is 2.16. The molecule has 0 fully saturated rings. The highest BCUT2D eigenvalue weighted by atomic mass is 32.2. The van der Waals surface area contributed by atoms with Crippen LogP contribution in [0.1, 0.15) is 18.5 Å². The second-order valence-corrected chi connectivity index (χ2v) is 6.34. The van der Waals surface area contributed by atoms with Crippen LogP contribution in [0.5, 0.6) is 0 Å². The average Bonchev–Trinajstić information content (AvgIpc) is 2.88. The lowest BCUT2D eigenvalue weighted by Crippen LogP contribution is -2.26. The third-order valence-corrected chi connectivity index (χ3v) is 4.45. The number of benzene rings is 1. The fourth-order valence-electron chi connectivity index (χ4n) is 1.88. The van der Waals surface area contributed by atoms with E-state index in [1.807, 2.05) is 0 Å². The van der Waals surface area contributed by atoms with E-state index in [4.69, 9.17) is 5.73 Å². The zero-order valence-corrected chi connectivity index (χ0v) is 12.3. The minimum absolute atomic E-state index is 0.0548. The Bertz CT molecular complexity index is 714. The molecule has 0 amide bonds. The Labute approximate surface area is 122 Å². The van der Waals surface area contributed by atoms with Gasteiger partial charge >= 0.3 is 0 Å². The summed E-state index contributed by atoms with van der Waals surface area (Å²) in [5, 5.41) is 3.92. The maximum Gasteiger partial charge on any atom is 0.244 e. The fourth-order valence-corrected chi connectivity index (χ4v) is 3.07. The van der Waals surface area contributed by atoms with E-state index >= 15 is 0 Å². The van der Waals surface area contributed by atoms with Gasteiger partial charge in [-0.15, -0.1) is 0 Å². The van der Waals surface area contributed by atoms with Crippen LogP contribution in [0.2, 0.25) is 0 Å². The molecule has 2 rings (SSSR count). The molecular formula is C13H17FN4O2S. The van der Waals surface area contributed by atoms with Crippen molar-refractivity contribution in [1.82, 2.24) is 14.5 Å². The minimum Gasteiger partial charge on any atom is -0.329 e. The first-order valence-electron chi connectivity index (χ1n) is 6.42. The lowest BCUT2D eigenvalue weighted by molar-refractivity contribution is 0.564. The van der Waals surface area contributed by atoms with E-state index < -0.39 is 21.9 Å². The third-order valence-electron chi connectivity index (χ3n) is 2.96. The van der Waals surface area contributed by atoms with Crippen molar-refractivity contribution in [2.24, 2.45) is 5.73 Å². The summed E-state index contributed by atoms with van der Waals surface area (Å²) >= 11 is 0. The van der Waals surface area contributed by atoms with Gasteiger partial charge in [-0.2, -0.15) is 5.10 Å². The van der Waals surface area contributed by atoms with Crippen molar-refractivity contribution in [2.45, 2.75) is 24.4 Å². The minimum atomic E-state index is -3.71. The first-order valence-corrected chi connectivity index (χ1v) is 7.91. The van der Waals surface area contributed by atoms with E-state index in [-0.39, 0.29) is 4.90 Å². The van der Waals surface area contributed by atoms with Crippen LogP contribution in [-0.2, 0) is 16.6 Å². The van der Waals surface area contributed by atoms with Crippen LogP contribution in [0.3, 0.4) is 0 Å². The van der Waals surface area contributed by atoms with Gasteiger partial charge in [0.05, 0.1) is 12.7 Å². The molecule has 8 heteroatoms. The van der Waals surface area contributed by atoms with E-state index in [1.165, 1.54) is 35.3 Å². The van der Waals surface area contributed by atoms with Gasteiger partial charge in [-0.05, 0) is 24.6 Å². The molecule has 0 spiro atoms. The van der Waals surface area contributed by atoms with Crippen LogP contribution in [0.25, 0.3) is 0 Å². The van der Waals surface area contributed by atoms with Gasteiger partial charge in [0.1, 0.15) is 10.7 Å². The van der Waals surface area contributed by atoms with Crippen molar-refractivity contribution in [3.8, 4) is 0 Å². The highest BCUT2D eigenvalue weighted by molar-refractivity contribution is 7.89. The van der Waals surface area contributed by atoms with Gasteiger partial charge < -0.3 is 5.73 Å². The fraction of sp³-hybridized carbons (Fsp3) is 0.308. The zero-order chi connectivity index (χ0) is 15.5. The number of nitrogens with zero attached hydrogens (tertiary/aromatic N) is 2. The number of nitrogens with one attached hydrogen (secondary N) is 1. The van der Waals surface area contributed by atoms with Crippen molar-refractivity contribution in [1.29, 1.82) is 0 Å². The Hall–Kier alpha value is -1.77. The first-order chi connectivity index (χ1) is 9.92. The number of hydrogen-bond donors (Lipinski definition) is 2. The molecule has 1 unspecified atom stereocenters. The SMILES string of the molecule is CC(NS(=O)(=O)c1cnn(CCN)c1)c1cccc(F)c1. The standard InChI is InChI=1S/C13H17FN4O2S/c1-10(11-3-2-4-12(14)7-11)17-21(19,20)13-8-16-18(9-13)6-5-15/h2-4,7-10,17H,5-6,15H2,1H3. The van der Waals surface area contributed by atoms with Crippen molar-refractivity contribution < 1.29 is 12.8 Å². The summed E-state index contributed by atoms with van der Waals surface area (Å²) < 4.78 is 41.6. The van der Waals surface area contributed by atoms with Crippen LogP contribution in [0.15, 0.2) is 41.6 Å². The molecular weight excluding hydrogens is 295 g/mol. The Morgan fingerprint density at radius 1 is 1.48 bits per heavy atom. The van der Waals surface area contributed by atoms with Gasteiger partial charge in [-0.3, -0.25) is 4.68 Å². The van der Waals surface area contributed by atoms with Crippen LogP contribution in [0.4, 0.5) is 4.39 Å². The molecule has 0 aliphatic carbocycles. The topological polar surface area (TPSA) is 90.0 Å². The maximum atomic E-state index is 13.2. The summed E-state index contributed by atoms with van der Waals surface area (Å²) in [7, 11) is -3.71. The van der Waals surface area contributed by atoms with E-state index in [0.29, 0.717) is 18.7 Å². The molecule has 1 aromatic heterocycles. The molecule has 0 saturated carbocycles. The van der Waals surface area contributed by atoms with Crippen LogP contribution in [0, 0.1) is 5.82 Å². The molecule has 0 aliphatic heterocycles. The Morgan fingerprint density at radius 3 is 2.90 bits per heavy atom. The normalized spacial score (nSPS) is 13.3. The number of sulfonamides is 1. The molecule has 0 bridgehead atoms. The smallest absolute Gasteiger partial charge is 0.244 e.